The van der Waals surface area contributed by atoms with E-state index in [4.69, 9.17) is 11.5 Å². The molecule has 0 aliphatic carbocycles. The zero-order valence-electron chi connectivity index (χ0n) is 5.74. The van der Waals surface area contributed by atoms with E-state index in [9.17, 15) is 0 Å². The van der Waals surface area contributed by atoms with Crippen LogP contribution in [0.3, 0.4) is 0 Å². The summed E-state index contributed by atoms with van der Waals surface area (Å²) in [5, 5.41) is 1.58. The lowest BCUT2D eigenvalue weighted by molar-refractivity contribution is 1.66. The van der Waals surface area contributed by atoms with E-state index in [0.29, 0.717) is 10.7 Å². The molecule has 4 N–H and O–H groups in total. The second-order valence-corrected chi connectivity index (χ2v) is 3.09. The molecule has 0 aliphatic heterocycles. The van der Waals surface area contributed by atoms with Gasteiger partial charge in [-0.05, 0) is 23.7 Å². The Kier molecular flexibility index (Phi) is 1.22. The van der Waals surface area contributed by atoms with Gasteiger partial charge in [0.05, 0.1) is 10.9 Å². The van der Waals surface area contributed by atoms with Crippen LogP contribution in [0.25, 0.3) is 10.9 Å². The lowest BCUT2D eigenvalue weighted by Gasteiger charge is -1.93. The minimum Gasteiger partial charge on any atom is -0.398 e. The van der Waals surface area contributed by atoms with Crippen LogP contribution in [0.4, 0.5) is 10.7 Å². The number of hydrogen-bond donors (Lipinski definition) is 2. The third kappa shape index (κ3) is 0.832. The average Bonchev–Trinajstić information content (AvgIpc) is 2.34. The zero-order valence-corrected chi connectivity index (χ0v) is 6.56. The molecular weight excluding hydrogens is 158 g/mol. The smallest absolute Gasteiger partial charge is 0.116 e. The van der Waals surface area contributed by atoms with Crippen LogP contribution >= 0.6 is 11.5 Å². The highest BCUT2D eigenvalue weighted by atomic mass is 32.1. The summed E-state index contributed by atoms with van der Waals surface area (Å²) in [5.41, 5.74) is 12.9. The first-order valence-electron chi connectivity index (χ1n) is 3.18. The van der Waals surface area contributed by atoms with E-state index < -0.39 is 0 Å². The van der Waals surface area contributed by atoms with Crippen LogP contribution in [0.1, 0.15) is 0 Å². The van der Waals surface area contributed by atoms with Crippen molar-refractivity contribution >= 4 is 33.1 Å². The molecule has 0 saturated carbocycles. The Morgan fingerprint density at radius 2 is 2.09 bits per heavy atom. The third-order valence-corrected chi connectivity index (χ3v) is 2.25. The van der Waals surface area contributed by atoms with Crippen LogP contribution in [-0.4, -0.2) is 4.37 Å². The normalized spacial score (nSPS) is 10.5. The number of nitrogens with zero attached hydrogens (tertiary/aromatic N) is 1. The van der Waals surface area contributed by atoms with Crippen molar-refractivity contribution in [3.05, 3.63) is 18.2 Å². The minimum absolute atomic E-state index is 0.693. The largest absolute Gasteiger partial charge is 0.398 e. The van der Waals surface area contributed by atoms with Gasteiger partial charge in [0.1, 0.15) is 5.00 Å². The van der Waals surface area contributed by atoms with Crippen molar-refractivity contribution in [1.29, 1.82) is 0 Å². The fraction of sp³-hybridized carbons (Fsp3) is 0. The van der Waals surface area contributed by atoms with Crippen molar-refractivity contribution < 1.29 is 0 Å². The number of anilines is 2. The van der Waals surface area contributed by atoms with Crippen LogP contribution in [0.5, 0.6) is 0 Å². The van der Waals surface area contributed by atoms with Crippen LogP contribution in [-0.2, 0) is 0 Å². The van der Waals surface area contributed by atoms with E-state index in [1.54, 1.807) is 0 Å². The van der Waals surface area contributed by atoms with Crippen molar-refractivity contribution in [2.75, 3.05) is 11.5 Å². The molecule has 2 rings (SSSR count). The van der Waals surface area contributed by atoms with E-state index in [1.807, 2.05) is 18.2 Å². The Morgan fingerprint density at radius 3 is 2.82 bits per heavy atom. The summed E-state index contributed by atoms with van der Waals surface area (Å²) in [4.78, 5) is 0. The number of nitrogens with two attached hydrogens (primary N) is 2. The molecule has 0 radical (unpaired) electrons. The van der Waals surface area contributed by atoms with Gasteiger partial charge in [0, 0.05) is 5.69 Å². The summed E-state index contributed by atoms with van der Waals surface area (Å²) < 4.78 is 4.12. The Bertz CT molecular complexity index is 393. The molecule has 0 bridgehead atoms. The summed E-state index contributed by atoms with van der Waals surface area (Å²) in [6.07, 6.45) is 0. The quantitative estimate of drug-likeness (QED) is 0.581. The zero-order chi connectivity index (χ0) is 7.84. The maximum absolute atomic E-state index is 5.69. The number of rotatable bonds is 0. The lowest BCUT2D eigenvalue weighted by atomic mass is 10.2. The van der Waals surface area contributed by atoms with Gasteiger partial charge in [-0.3, -0.25) is 0 Å². The van der Waals surface area contributed by atoms with Crippen LogP contribution in [0, 0.1) is 0 Å². The molecule has 3 nitrogen and oxygen atoms in total. The number of fused-ring (bicyclic) bond motifs is 1. The van der Waals surface area contributed by atoms with Gasteiger partial charge in [-0.15, -0.1) is 0 Å². The van der Waals surface area contributed by atoms with Crippen LogP contribution in [0.15, 0.2) is 18.2 Å². The molecule has 4 heteroatoms. The predicted molar refractivity (Wildman–Crippen MR) is 48.4 cm³/mol. The number of nitrogen functional groups attached to an aromatic ring is 2. The second-order valence-electron chi connectivity index (χ2n) is 2.29. The standard InChI is InChI=1S/C7H7N3S/c8-4-2-1-3-5-6(4)7(9)11-10-5/h1-3H,8-9H2. The molecule has 0 unspecified atom stereocenters. The molecule has 1 aromatic heterocycles. The Morgan fingerprint density at radius 1 is 1.27 bits per heavy atom. The van der Waals surface area contributed by atoms with E-state index >= 15 is 0 Å². The van der Waals surface area contributed by atoms with E-state index in [1.165, 1.54) is 11.5 Å². The van der Waals surface area contributed by atoms with Crippen LogP contribution in [0.2, 0.25) is 0 Å². The van der Waals surface area contributed by atoms with Crippen molar-refractivity contribution in [3.8, 4) is 0 Å². The fourth-order valence-electron chi connectivity index (χ4n) is 1.05. The highest BCUT2D eigenvalue weighted by molar-refractivity contribution is 7.11. The monoisotopic (exact) mass is 165 g/mol. The fourth-order valence-corrected chi connectivity index (χ4v) is 1.71. The SMILES string of the molecule is Nc1cccc2nsc(N)c12. The van der Waals surface area contributed by atoms with Gasteiger partial charge in [0.15, 0.2) is 0 Å². The summed E-state index contributed by atoms with van der Waals surface area (Å²) in [6.45, 7) is 0. The molecule has 11 heavy (non-hydrogen) atoms. The molecular formula is C7H7N3S. The first kappa shape index (κ1) is 6.42. The van der Waals surface area contributed by atoms with Gasteiger partial charge in [-0.2, -0.15) is 4.37 Å². The highest BCUT2D eigenvalue weighted by Crippen LogP contribution is 2.29. The van der Waals surface area contributed by atoms with Crippen molar-refractivity contribution in [1.82, 2.24) is 4.37 Å². The van der Waals surface area contributed by atoms with Crippen molar-refractivity contribution in [3.63, 3.8) is 0 Å². The molecule has 0 amide bonds. The molecule has 2 aromatic rings. The summed E-state index contributed by atoms with van der Waals surface area (Å²) in [6, 6.07) is 5.60. The van der Waals surface area contributed by atoms with Gasteiger partial charge in [-0.25, -0.2) is 0 Å². The van der Waals surface area contributed by atoms with Crippen LogP contribution < -0.4 is 11.5 Å². The van der Waals surface area contributed by atoms with E-state index in [0.717, 1.165) is 10.9 Å². The maximum Gasteiger partial charge on any atom is 0.116 e. The molecule has 56 valence electrons. The topological polar surface area (TPSA) is 64.9 Å². The van der Waals surface area contributed by atoms with Gasteiger partial charge in [0.25, 0.3) is 0 Å². The maximum atomic E-state index is 5.69. The minimum atomic E-state index is 0.693. The first-order valence-corrected chi connectivity index (χ1v) is 3.96. The molecule has 1 aromatic carbocycles. The molecule has 1 heterocycles. The lowest BCUT2D eigenvalue weighted by Crippen LogP contribution is -1.87. The molecule has 0 spiro atoms. The number of hydrogen-bond acceptors (Lipinski definition) is 4. The van der Waals surface area contributed by atoms with Gasteiger partial charge in [-0.1, -0.05) is 6.07 Å². The number of aromatic nitrogens is 1. The van der Waals surface area contributed by atoms with Gasteiger partial charge in [0.2, 0.25) is 0 Å². The van der Waals surface area contributed by atoms with Crippen molar-refractivity contribution in [2.24, 2.45) is 0 Å². The highest BCUT2D eigenvalue weighted by Gasteiger charge is 2.03. The van der Waals surface area contributed by atoms with E-state index in [-0.39, 0.29) is 0 Å². The summed E-state index contributed by atoms with van der Waals surface area (Å²) >= 11 is 1.28. The van der Waals surface area contributed by atoms with Crippen molar-refractivity contribution in [2.45, 2.75) is 0 Å². The molecule has 0 atom stereocenters. The van der Waals surface area contributed by atoms with Gasteiger partial charge >= 0.3 is 0 Å². The second kappa shape index (κ2) is 2.10. The molecule has 0 aliphatic rings. The molecule has 0 fully saturated rings. The average molecular weight is 165 g/mol. The van der Waals surface area contributed by atoms with E-state index in [2.05, 4.69) is 4.37 Å². The predicted octanol–water partition coefficient (Wildman–Crippen LogP) is 1.46. The third-order valence-electron chi connectivity index (χ3n) is 1.56. The molecule has 0 saturated heterocycles. The Labute approximate surface area is 67.8 Å². The Balaban J connectivity index is 2.96. The Hall–Kier alpha value is -1.29. The summed E-state index contributed by atoms with van der Waals surface area (Å²) in [5.74, 6) is 0. The van der Waals surface area contributed by atoms with Gasteiger partial charge < -0.3 is 11.5 Å². The first-order chi connectivity index (χ1) is 5.29. The number of benzene rings is 1. The summed E-state index contributed by atoms with van der Waals surface area (Å²) in [7, 11) is 0.